The minimum absolute atomic E-state index is 0.279. The van der Waals surface area contributed by atoms with E-state index in [4.69, 9.17) is 4.74 Å². The highest BCUT2D eigenvalue weighted by atomic mass is 16.5. The molecule has 3 nitrogen and oxygen atoms in total. The molecule has 2 aliphatic heterocycles. The number of aryl methyl sites for hydroxylation is 2. The molecule has 98 valence electrons. The third-order valence-corrected chi connectivity index (χ3v) is 4.22. The molecule has 3 heteroatoms. The number of hydrogen-bond donors (Lipinski definition) is 2. The number of morpholine rings is 1. The largest absolute Gasteiger partial charge is 0.385 e. The fourth-order valence-corrected chi connectivity index (χ4v) is 3.67. The van der Waals surface area contributed by atoms with Crippen LogP contribution in [0, 0.1) is 13.8 Å². The van der Waals surface area contributed by atoms with E-state index < -0.39 is 5.60 Å². The zero-order chi connectivity index (χ0) is 12.8. The molecule has 2 aliphatic rings. The first kappa shape index (κ1) is 12.2. The zero-order valence-electron chi connectivity index (χ0n) is 11.1. The molecule has 0 aromatic heterocycles. The van der Waals surface area contributed by atoms with E-state index in [1.165, 1.54) is 11.1 Å². The Kier molecular flexibility index (Phi) is 2.93. The fourth-order valence-electron chi connectivity index (χ4n) is 3.67. The van der Waals surface area contributed by atoms with Crippen LogP contribution in [0.3, 0.4) is 0 Å². The summed E-state index contributed by atoms with van der Waals surface area (Å²) in [6.45, 7) is 5.61. The van der Waals surface area contributed by atoms with Crippen molar-refractivity contribution in [3.05, 3.63) is 34.9 Å². The Bertz CT molecular complexity index is 426. The van der Waals surface area contributed by atoms with E-state index in [1.807, 2.05) is 0 Å². The molecule has 2 fully saturated rings. The molecule has 2 unspecified atom stereocenters. The number of ether oxygens (including phenoxy) is 1. The molecule has 0 aliphatic carbocycles. The highest BCUT2D eigenvalue weighted by molar-refractivity contribution is 5.39. The lowest BCUT2D eigenvalue weighted by atomic mass is 9.75. The van der Waals surface area contributed by atoms with Crippen molar-refractivity contribution in [2.45, 2.75) is 44.4 Å². The summed E-state index contributed by atoms with van der Waals surface area (Å²) in [4.78, 5) is 0. The predicted molar refractivity (Wildman–Crippen MR) is 70.6 cm³/mol. The fraction of sp³-hybridized carbons (Fsp3) is 0.600. The van der Waals surface area contributed by atoms with Gasteiger partial charge in [0.1, 0.15) is 0 Å². The summed E-state index contributed by atoms with van der Waals surface area (Å²) in [5.74, 6) is 0. The lowest BCUT2D eigenvalue weighted by Crippen LogP contribution is -2.58. The summed E-state index contributed by atoms with van der Waals surface area (Å²) in [6, 6.07) is 6.80. The second kappa shape index (κ2) is 4.34. The molecule has 0 saturated carbocycles. The Morgan fingerprint density at radius 2 is 1.72 bits per heavy atom. The van der Waals surface area contributed by atoms with Crippen LogP contribution in [0.2, 0.25) is 0 Å². The highest BCUT2D eigenvalue weighted by Gasteiger charge is 2.43. The summed E-state index contributed by atoms with van der Waals surface area (Å²) >= 11 is 0. The van der Waals surface area contributed by atoms with Gasteiger partial charge < -0.3 is 15.2 Å². The van der Waals surface area contributed by atoms with Crippen LogP contribution in [0.25, 0.3) is 0 Å². The van der Waals surface area contributed by atoms with Crippen molar-refractivity contribution >= 4 is 0 Å². The smallest absolute Gasteiger partial charge is 0.0933 e. The Morgan fingerprint density at radius 1 is 1.17 bits per heavy atom. The van der Waals surface area contributed by atoms with Crippen LogP contribution in [0.15, 0.2) is 18.2 Å². The summed E-state index contributed by atoms with van der Waals surface area (Å²) in [7, 11) is 0. The van der Waals surface area contributed by atoms with Gasteiger partial charge in [0.25, 0.3) is 0 Å². The molecule has 0 spiro atoms. The van der Waals surface area contributed by atoms with Crippen LogP contribution >= 0.6 is 0 Å². The van der Waals surface area contributed by atoms with Gasteiger partial charge in [0.2, 0.25) is 0 Å². The normalized spacial score (nSPS) is 35.5. The lowest BCUT2D eigenvalue weighted by Gasteiger charge is -2.46. The maximum atomic E-state index is 11.1. The first-order chi connectivity index (χ1) is 8.58. The molecular weight excluding hydrogens is 226 g/mol. The van der Waals surface area contributed by atoms with Gasteiger partial charge in [-0.15, -0.1) is 0 Å². The van der Waals surface area contributed by atoms with Crippen LogP contribution < -0.4 is 5.32 Å². The number of aliphatic hydroxyl groups is 1. The van der Waals surface area contributed by atoms with E-state index in [0.29, 0.717) is 13.2 Å². The van der Waals surface area contributed by atoms with Crippen molar-refractivity contribution < 1.29 is 9.84 Å². The van der Waals surface area contributed by atoms with E-state index in [0.717, 1.165) is 18.4 Å². The van der Waals surface area contributed by atoms with Crippen molar-refractivity contribution in [3.63, 3.8) is 0 Å². The van der Waals surface area contributed by atoms with E-state index in [-0.39, 0.29) is 12.1 Å². The second-order valence-corrected chi connectivity index (χ2v) is 5.80. The van der Waals surface area contributed by atoms with Crippen LogP contribution in [0.5, 0.6) is 0 Å². The number of rotatable bonds is 1. The van der Waals surface area contributed by atoms with E-state index in [2.05, 4.69) is 37.4 Å². The first-order valence-electron chi connectivity index (χ1n) is 6.71. The highest BCUT2D eigenvalue weighted by Crippen LogP contribution is 2.39. The summed E-state index contributed by atoms with van der Waals surface area (Å²) in [5, 5.41) is 14.6. The molecule has 2 saturated heterocycles. The van der Waals surface area contributed by atoms with Gasteiger partial charge in [-0.1, -0.05) is 18.2 Å². The Hall–Kier alpha value is -0.900. The summed E-state index contributed by atoms with van der Waals surface area (Å²) < 4.78 is 5.55. The predicted octanol–water partition coefficient (Wildman–Crippen LogP) is 1.64. The topological polar surface area (TPSA) is 41.5 Å². The maximum absolute atomic E-state index is 11.1. The van der Waals surface area contributed by atoms with Crippen LogP contribution in [0.1, 0.15) is 29.5 Å². The Balaban J connectivity index is 1.99. The van der Waals surface area contributed by atoms with Gasteiger partial charge >= 0.3 is 0 Å². The van der Waals surface area contributed by atoms with Crippen LogP contribution in [0.4, 0.5) is 0 Å². The summed E-state index contributed by atoms with van der Waals surface area (Å²) in [5.41, 5.74) is 2.82. The van der Waals surface area contributed by atoms with Crippen molar-refractivity contribution in [2.75, 3.05) is 13.2 Å². The van der Waals surface area contributed by atoms with E-state index >= 15 is 0 Å². The Morgan fingerprint density at radius 3 is 2.28 bits per heavy atom. The lowest BCUT2D eigenvalue weighted by molar-refractivity contribution is -0.0807. The van der Waals surface area contributed by atoms with Gasteiger partial charge in [-0.2, -0.15) is 0 Å². The average molecular weight is 247 g/mol. The van der Waals surface area contributed by atoms with Crippen LogP contribution in [-0.2, 0) is 10.3 Å². The Labute approximate surface area is 108 Å². The SMILES string of the molecule is Cc1cccc(C)c1C1(O)CC2COCC(C1)N2. The van der Waals surface area contributed by atoms with Gasteiger partial charge in [0.05, 0.1) is 18.8 Å². The molecule has 18 heavy (non-hydrogen) atoms. The number of fused-ring (bicyclic) bond motifs is 2. The molecule has 3 rings (SSSR count). The minimum Gasteiger partial charge on any atom is -0.385 e. The molecule has 0 amide bonds. The minimum atomic E-state index is -0.695. The van der Waals surface area contributed by atoms with Crippen LogP contribution in [-0.4, -0.2) is 30.4 Å². The molecule has 2 N–H and O–H groups in total. The molecule has 2 heterocycles. The second-order valence-electron chi connectivity index (χ2n) is 5.80. The van der Waals surface area contributed by atoms with Crippen molar-refractivity contribution in [1.82, 2.24) is 5.32 Å². The van der Waals surface area contributed by atoms with Gasteiger partial charge in [-0.05, 0) is 43.4 Å². The number of piperidine rings is 1. The monoisotopic (exact) mass is 247 g/mol. The number of nitrogens with one attached hydrogen (secondary N) is 1. The molecule has 2 bridgehead atoms. The molecular formula is C15H21NO2. The van der Waals surface area contributed by atoms with Gasteiger partial charge in [-0.25, -0.2) is 0 Å². The summed E-state index contributed by atoms with van der Waals surface area (Å²) in [6.07, 6.45) is 1.49. The van der Waals surface area contributed by atoms with Crippen molar-refractivity contribution in [3.8, 4) is 0 Å². The van der Waals surface area contributed by atoms with E-state index in [9.17, 15) is 5.11 Å². The van der Waals surface area contributed by atoms with Crippen molar-refractivity contribution in [1.29, 1.82) is 0 Å². The standard InChI is InChI=1S/C15H21NO2/c1-10-4-3-5-11(2)14(10)15(17)6-12-8-18-9-13(7-15)16-12/h3-5,12-13,16-17H,6-9H2,1-2H3. The van der Waals surface area contributed by atoms with Gasteiger partial charge in [0, 0.05) is 12.1 Å². The zero-order valence-corrected chi connectivity index (χ0v) is 11.1. The maximum Gasteiger partial charge on any atom is 0.0933 e. The van der Waals surface area contributed by atoms with Crippen molar-refractivity contribution in [2.24, 2.45) is 0 Å². The van der Waals surface area contributed by atoms with Gasteiger partial charge in [-0.3, -0.25) is 0 Å². The van der Waals surface area contributed by atoms with Gasteiger partial charge in [0.15, 0.2) is 0 Å². The molecule has 1 aromatic carbocycles. The molecule has 2 atom stereocenters. The molecule has 1 aromatic rings. The number of benzene rings is 1. The number of hydrogen-bond acceptors (Lipinski definition) is 3. The molecule has 0 radical (unpaired) electrons. The van der Waals surface area contributed by atoms with E-state index in [1.54, 1.807) is 0 Å². The first-order valence-corrected chi connectivity index (χ1v) is 6.71. The third kappa shape index (κ3) is 1.96. The third-order valence-electron chi connectivity index (χ3n) is 4.22. The average Bonchev–Trinajstić information content (AvgIpc) is 2.27. The quantitative estimate of drug-likeness (QED) is 0.792.